The van der Waals surface area contributed by atoms with Crippen molar-refractivity contribution in [2.45, 2.75) is 49.5 Å². The topological polar surface area (TPSA) is 92.8 Å². The van der Waals surface area contributed by atoms with Crippen molar-refractivity contribution in [3.63, 3.8) is 0 Å². The van der Waals surface area contributed by atoms with Crippen molar-refractivity contribution in [1.82, 2.24) is 9.62 Å². The summed E-state index contributed by atoms with van der Waals surface area (Å²) in [6.07, 6.45) is 6.71. The molecule has 1 heterocycles. The average molecular weight is 394 g/mol. The number of fused-ring (bicyclic) bond motifs is 1. The average Bonchev–Trinajstić information content (AvgIpc) is 2.71. The first-order chi connectivity index (χ1) is 12.9. The van der Waals surface area contributed by atoms with E-state index in [-0.39, 0.29) is 29.0 Å². The van der Waals surface area contributed by atoms with Crippen LogP contribution in [0.25, 0.3) is 0 Å². The molecule has 1 saturated carbocycles. The molecule has 2 aliphatic rings. The molecule has 0 unspecified atom stereocenters. The lowest BCUT2D eigenvalue weighted by Gasteiger charge is -2.44. The highest BCUT2D eigenvalue weighted by Gasteiger charge is 2.35. The molecule has 8 heteroatoms. The second-order valence-corrected chi connectivity index (χ2v) is 9.04. The van der Waals surface area contributed by atoms with Gasteiger partial charge in [-0.25, -0.2) is 17.9 Å². The molecule has 3 rings (SSSR count). The Kier molecular flexibility index (Phi) is 6.16. The van der Waals surface area contributed by atoms with Gasteiger partial charge in [0.25, 0.3) is 5.91 Å². The van der Waals surface area contributed by atoms with Gasteiger partial charge in [-0.3, -0.25) is 4.79 Å². The number of esters is 1. The Labute approximate surface area is 160 Å². The zero-order valence-electron chi connectivity index (χ0n) is 15.5. The van der Waals surface area contributed by atoms with Crippen molar-refractivity contribution in [3.05, 3.63) is 29.8 Å². The fourth-order valence-electron chi connectivity index (χ4n) is 4.14. The molecule has 27 heavy (non-hydrogen) atoms. The molecule has 0 aromatic heterocycles. The van der Waals surface area contributed by atoms with Crippen LogP contribution in [-0.2, 0) is 19.6 Å². The normalized spacial score (nSPS) is 22.8. The number of likely N-dealkylation sites (tertiary alicyclic amines) is 1. The molecule has 1 saturated heterocycles. The van der Waals surface area contributed by atoms with E-state index in [1.807, 2.05) is 4.90 Å². The van der Waals surface area contributed by atoms with E-state index < -0.39 is 16.0 Å². The van der Waals surface area contributed by atoms with E-state index in [0.29, 0.717) is 12.5 Å². The predicted molar refractivity (Wildman–Crippen MR) is 99.7 cm³/mol. The molecule has 0 radical (unpaired) electrons. The summed E-state index contributed by atoms with van der Waals surface area (Å²) >= 11 is 0. The fourth-order valence-corrected chi connectivity index (χ4v) is 4.91. The van der Waals surface area contributed by atoms with Gasteiger partial charge in [0, 0.05) is 12.6 Å². The minimum Gasteiger partial charge on any atom is -0.452 e. The minimum absolute atomic E-state index is 0.0214. The van der Waals surface area contributed by atoms with Gasteiger partial charge < -0.3 is 9.64 Å². The van der Waals surface area contributed by atoms with Crippen LogP contribution >= 0.6 is 0 Å². The molecule has 1 aliphatic carbocycles. The van der Waals surface area contributed by atoms with Gasteiger partial charge in [-0.2, -0.15) is 0 Å². The highest BCUT2D eigenvalue weighted by molar-refractivity contribution is 7.89. The summed E-state index contributed by atoms with van der Waals surface area (Å²) in [4.78, 5) is 26.7. The van der Waals surface area contributed by atoms with Gasteiger partial charge in [-0.15, -0.1) is 0 Å². The van der Waals surface area contributed by atoms with Crippen molar-refractivity contribution >= 4 is 21.9 Å². The number of hydrogen-bond acceptors (Lipinski definition) is 5. The Morgan fingerprint density at radius 3 is 2.70 bits per heavy atom. The van der Waals surface area contributed by atoms with E-state index in [0.717, 1.165) is 19.3 Å². The smallest absolute Gasteiger partial charge is 0.338 e. The Morgan fingerprint density at radius 1 is 1.19 bits per heavy atom. The molecule has 0 spiro atoms. The number of nitrogens with zero attached hydrogens (tertiary/aromatic N) is 1. The maximum absolute atomic E-state index is 12.6. The van der Waals surface area contributed by atoms with Gasteiger partial charge in [0.05, 0.1) is 10.5 Å². The molecule has 0 bridgehead atoms. The number of piperidine rings is 1. The zero-order valence-corrected chi connectivity index (χ0v) is 16.3. The van der Waals surface area contributed by atoms with Crippen LogP contribution in [0.15, 0.2) is 29.2 Å². The van der Waals surface area contributed by atoms with Crippen LogP contribution in [-0.4, -0.2) is 51.4 Å². The second kappa shape index (κ2) is 8.39. The highest BCUT2D eigenvalue weighted by Crippen LogP contribution is 2.35. The van der Waals surface area contributed by atoms with Crippen LogP contribution in [0.5, 0.6) is 0 Å². The molecule has 2 fully saturated rings. The van der Waals surface area contributed by atoms with E-state index >= 15 is 0 Å². The monoisotopic (exact) mass is 394 g/mol. The number of ether oxygens (including phenoxy) is 1. The van der Waals surface area contributed by atoms with E-state index in [2.05, 4.69) is 4.72 Å². The van der Waals surface area contributed by atoms with E-state index in [1.165, 1.54) is 50.6 Å². The van der Waals surface area contributed by atoms with Gasteiger partial charge in [-0.05, 0) is 56.8 Å². The number of hydrogen-bond donors (Lipinski definition) is 1. The number of sulfonamides is 1. The summed E-state index contributed by atoms with van der Waals surface area (Å²) in [5.41, 5.74) is 0.105. The van der Waals surface area contributed by atoms with Crippen molar-refractivity contribution in [1.29, 1.82) is 0 Å². The highest BCUT2D eigenvalue weighted by atomic mass is 32.2. The first kappa shape index (κ1) is 19.8. The van der Waals surface area contributed by atoms with Gasteiger partial charge in [0.1, 0.15) is 0 Å². The summed E-state index contributed by atoms with van der Waals surface area (Å²) in [6, 6.07) is 5.85. The maximum Gasteiger partial charge on any atom is 0.338 e. The molecule has 1 aromatic carbocycles. The van der Waals surface area contributed by atoms with E-state index in [9.17, 15) is 18.0 Å². The summed E-state index contributed by atoms with van der Waals surface area (Å²) in [5, 5.41) is 0. The second-order valence-electron chi connectivity index (χ2n) is 7.15. The molecular formula is C19H26N2O5S. The number of benzene rings is 1. The van der Waals surface area contributed by atoms with Crippen molar-refractivity contribution in [2.75, 3.05) is 20.2 Å². The number of carbonyl (C=O) groups excluding carboxylic acids is 2. The zero-order chi connectivity index (χ0) is 19.4. The largest absolute Gasteiger partial charge is 0.452 e. The van der Waals surface area contributed by atoms with Gasteiger partial charge in [-0.1, -0.05) is 18.9 Å². The number of amides is 1. The molecule has 1 aromatic rings. The van der Waals surface area contributed by atoms with E-state index in [1.54, 1.807) is 0 Å². The van der Waals surface area contributed by atoms with Crippen LogP contribution in [0.4, 0.5) is 0 Å². The maximum atomic E-state index is 12.6. The molecular weight excluding hydrogens is 368 g/mol. The quantitative estimate of drug-likeness (QED) is 0.771. The summed E-state index contributed by atoms with van der Waals surface area (Å²) in [6.45, 7) is 0.401. The van der Waals surface area contributed by atoms with Crippen LogP contribution in [0.3, 0.4) is 0 Å². The molecule has 7 nitrogen and oxygen atoms in total. The molecule has 1 N–H and O–H groups in total. The third-order valence-electron chi connectivity index (χ3n) is 5.54. The van der Waals surface area contributed by atoms with Crippen LogP contribution in [0.1, 0.15) is 48.9 Å². The van der Waals surface area contributed by atoms with Gasteiger partial charge in [0.15, 0.2) is 6.61 Å². The Balaban J connectivity index is 1.62. The van der Waals surface area contributed by atoms with Crippen molar-refractivity contribution < 1.29 is 22.7 Å². The molecule has 1 amide bonds. The van der Waals surface area contributed by atoms with Gasteiger partial charge >= 0.3 is 5.97 Å². The minimum atomic E-state index is -3.65. The lowest BCUT2D eigenvalue weighted by atomic mass is 9.78. The predicted octanol–water partition coefficient (Wildman–Crippen LogP) is 1.93. The molecule has 148 valence electrons. The molecule has 2 atom stereocenters. The Bertz CT molecular complexity index is 806. The Morgan fingerprint density at radius 2 is 1.93 bits per heavy atom. The first-order valence-corrected chi connectivity index (χ1v) is 10.9. The fraction of sp³-hybridized carbons (Fsp3) is 0.579. The lowest BCUT2D eigenvalue weighted by Crippen LogP contribution is -2.50. The van der Waals surface area contributed by atoms with Crippen molar-refractivity contribution in [3.8, 4) is 0 Å². The SMILES string of the molecule is CNS(=O)(=O)c1cccc(C(=O)OCC(=O)N2CCC[C@@H]3CCCC[C@@H]32)c1. The van der Waals surface area contributed by atoms with Crippen LogP contribution in [0.2, 0.25) is 0 Å². The number of nitrogens with one attached hydrogen (secondary N) is 1. The third kappa shape index (κ3) is 4.50. The lowest BCUT2D eigenvalue weighted by molar-refractivity contribution is -0.140. The summed E-state index contributed by atoms with van der Waals surface area (Å²) in [5.74, 6) is -0.303. The van der Waals surface area contributed by atoms with Crippen molar-refractivity contribution in [2.24, 2.45) is 5.92 Å². The third-order valence-corrected chi connectivity index (χ3v) is 6.95. The van der Waals surface area contributed by atoms with Crippen LogP contribution in [0, 0.1) is 5.92 Å². The number of carbonyl (C=O) groups is 2. The Hall–Kier alpha value is -1.93. The first-order valence-electron chi connectivity index (χ1n) is 9.42. The van der Waals surface area contributed by atoms with Gasteiger partial charge in [0.2, 0.25) is 10.0 Å². The summed E-state index contributed by atoms with van der Waals surface area (Å²) < 4.78 is 31.1. The summed E-state index contributed by atoms with van der Waals surface area (Å²) in [7, 11) is -2.35. The standard InChI is InChI=1S/C19H26N2O5S/c1-20-27(24,25)16-9-4-7-15(12-16)19(23)26-13-18(22)21-11-5-8-14-6-2-3-10-17(14)21/h4,7,9,12,14,17,20H,2-3,5-6,8,10-11,13H2,1H3/t14-,17-/m0/s1. The molecule has 1 aliphatic heterocycles. The van der Waals surface area contributed by atoms with E-state index in [4.69, 9.17) is 4.74 Å². The number of rotatable bonds is 5. The van der Waals surface area contributed by atoms with Crippen LogP contribution < -0.4 is 4.72 Å².